The van der Waals surface area contributed by atoms with Crippen LogP contribution in [0.2, 0.25) is 0 Å². The first-order valence-electron chi connectivity index (χ1n) is 6.11. The van der Waals surface area contributed by atoms with Gasteiger partial charge in [-0.05, 0) is 38.0 Å². The fourth-order valence-electron chi connectivity index (χ4n) is 1.49. The highest BCUT2D eigenvalue weighted by molar-refractivity contribution is 5.87. The van der Waals surface area contributed by atoms with Crippen molar-refractivity contribution < 1.29 is 19.4 Å². The molecule has 0 aliphatic heterocycles. The zero-order valence-corrected chi connectivity index (χ0v) is 11.4. The molecule has 104 valence electrons. The molecule has 0 heterocycles. The fourth-order valence-corrected chi connectivity index (χ4v) is 1.49. The maximum absolute atomic E-state index is 11.7. The van der Waals surface area contributed by atoms with Gasteiger partial charge in [-0.2, -0.15) is 0 Å². The lowest BCUT2D eigenvalue weighted by Gasteiger charge is -2.24. The lowest BCUT2D eigenvalue weighted by Crippen LogP contribution is -2.53. The van der Waals surface area contributed by atoms with E-state index in [-0.39, 0.29) is 6.61 Å². The average Bonchev–Trinajstić information content (AvgIpc) is 2.36. The van der Waals surface area contributed by atoms with Gasteiger partial charge in [0.15, 0.2) is 6.61 Å². The Morgan fingerprint density at radius 2 is 2.11 bits per heavy atom. The minimum Gasteiger partial charge on any atom is -0.484 e. The third kappa shape index (κ3) is 4.28. The number of carbonyl (C=O) groups is 2. The molecule has 0 aromatic heterocycles. The van der Waals surface area contributed by atoms with E-state index in [9.17, 15) is 9.59 Å². The number of aryl methyl sites for hydroxylation is 1. The van der Waals surface area contributed by atoms with E-state index >= 15 is 0 Å². The number of carboxylic acids is 1. The molecule has 1 rings (SSSR count). The molecular formula is C14H19NO4. The van der Waals surface area contributed by atoms with Crippen molar-refractivity contribution >= 4 is 11.9 Å². The summed E-state index contributed by atoms with van der Waals surface area (Å²) in [5.41, 5.74) is -0.227. The number of hydrogen-bond donors (Lipinski definition) is 2. The van der Waals surface area contributed by atoms with Gasteiger partial charge in [0, 0.05) is 0 Å². The maximum Gasteiger partial charge on any atom is 0.329 e. The van der Waals surface area contributed by atoms with E-state index in [2.05, 4.69) is 5.32 Å². The molecule has 19 heavy (non-hydrogen) atoms. The lowest BCUT2D eigenvalue weighted by molar-refractivity contribution is -0.147. The van der Waals surface area contributed by atoms with Crippen LogP contribution in [0.15, 0.2) is 24.3 Å². The molecule has 5 heteroatoms. The minimum atomic E-state index is -1.26. The fraction of sp³-hybridized carbons (Fsp3) is 0.429. The standard InChI is InChI=1S/C14H19NO4/c1-4-14(3,13(17)18)15-12(16)9-19-11-7-5-6-10(2)8-11/h5-8H,4,9H2,1-3H3,(H,15,16)(H,17,18). The summed E-state index contributed by atoms with van der Waals surface area (Å²) in [4.78, 5) is 22.7. The Kier molecular flexibility index (Phi) is 4.92. The van der Waals surface area contributed by atoms with Crippen molar-refractivity contribution in [2.75, 3.05) is 6.61 Å². The molecule has 0 bridgehead atoms. The molecule has 0 saturated heterocycles. The lowest BCUT2D eigenvalue weighted by atomic mass is 9.99. The maximum atomic E-state index is 11.7. The monoisotopic (exact) mass is 265 g/mol. The summed E-state index contributed by atoms with van der Waals surface area (Å²) >= 11 is 0. The molecule has 1 atom stereocenters. The number of carboxylic acid groups (broad SMARTS) is 1. The Morgan fingerprint density at radius 1 is 1.42 bits per heavy atom. The normalized spacial score (nSPS) is 13.4. The zero-order valence-electron chi connectivity index (χ0n) is 11.4. The Labute approximate surface area is 112 Å². The van der Waals surface area contributed by atoms with Crippen LogP contribution in [0.25, 0.3) is 0 Å². The summed E-state index contributed by atoms with van der Waals surface area (Å²) in [6, 6.07) is 7.31. The van der Waals surface area contributed by atoms with E-state index in [1.54, 1.807) is 13.0 Å². The number of rotatable bonds is 6. The summed E-state index contributed by atoms with van der Waals surface area (Å²) in [7, 11) is 0. The number of hydrogen-bond acceptors (Lipinski definition) is 3. The van der Waals surface area contributed by atoms with E-state index in [4.69, 9.17) is 9.84 Å². The van der Waals surface area contributed by atoms with Gasteiger partial charge in [0.25, 0.3) is 5.91 Å². The molecular weight excluding hydrogens is 246 g/mol. The molecule has 0 radical (unpaired) electrons. The van der Waals surface area contributed by atoms with Gasteiger partial charge in [-0.15, -0.1) is 0 Å². The van der Waals surface area contributed by atoms with Crippen molar-refractivity contribution in [1.29, 1.82) is 0 Å². The van der Waals surface area contributed by atoms with E-state index in [1.165, 1.54) is 6.92 Å². The molecule has 1 unspecified atom stereocenters. The molecule has 0 saturated carbocycles. The molecule has 2 N–H and O–H groups in total. The van der Waals surface area contributed by atoms with Crippen molar-refractivity contribution in [1.82, 2.24) is 5.32 Å². The second kappa shape index (κ2) is 6.22. The Balaban J connectivity index is 2.54. The number of benzene rings is 1. The summed E-state index contributed by atoms with van der Waals surface area (Å²) in [6.45, 7) is 4.90. The van der Waals surface area contributed by atoms with Crippen LogP contribution in [0.1, 0.15) is 25.8 Å². The zero-order chi connectivity index (χ0) is 14.5. The quantitative estimate of drug-likeness (QED) is 0.821. The summed E-state index contributed by atoms with van der Waals surface area (Å²) < 4.78 is 5.31. The summed E-state index contributed by atoms with van der Waals surface area (Å²) in [5.74, 6) is -0.921. The molecule has 0 aliphatic rings. The first kappa shape index (κ1) is 15.0. The molecule has 5 nitrogen and oxygen atoms in total. The van der Waals surface area contributed by atoms with Gasteiger partial charge in [0.2, 0.25) is 0 Å². The molecule has 1 aromatic carbocycles. The van der Waals surface area contributed by atoms with Gasteiger partial charge in [-0.1, -0.05) is 19.1 Å². The van der Waals surface area contributed by atoms with Gasteiger partial charge in [-0.3, -0.25) is 4.79 Å². The largest absolute Gasteiger partial charge is 0.484 e. The van der Waals surface area contributed by atoms with Crippen molar-refractivity contribution in [3.8, 4) is 5.75 Å². The number of amides is 1. The highest BCUT2D eigenvalue weighted by Gasteiger charge is 2.32. The first-order valence-corrected chi connectivity index (χ1v) is 6.11. The van der Waals surface area contributed by atoms with Crippen LogP contribution in [-0.4, -0.2) is 29.1 Å². The van der Waals surface area contributed by atoms with Crippen LogP contribution < -0.4 is 10.1 Å². The molecule has 1 amide bonds. The van der Waals surface area contributed by atoms with E-state index in [0.717, 1.165) is 5.56 Å². The third-order valence-electron chi connectivity index (χ3n) is 2.95. The second-order valence-electron chi connectivity index (χ2n) is 4.64. The van der Waals surface area contributed by atoms with E-state index in [0.29, 0.717) is 12.2 Å². The van der Waals surface area contributed by atoms with Crippen LogP contribution in [0.3, 0.4) is 0 Å². The van der Waals surface area contributed by atoms with E-state index in [1.807, 2.05) is 25.1 Å². The van der Waals surface area contributed by atoms with Crippen LogP contribution >= 0.6 is 0 Å². The summed E-state index contributed by atoms with van der Waals surface area (Å²) in [6.07, 6.45) is 0.304. The van der Waals surface area contributed by atoms with Crippen LogP contribution in [-0.2, 0) is 9.59 Å². The molecule has 0 fully saturated rings. The highest BCUT2D eigenvalue weighted by Crippen LogP contribution is 2.13. The van der Waals surface area contributed by atoms with E-state index < -0.39 is 17.4 Å². The van der Waals surface area contributed by atoms with Crippen molar-refractivity contribution in [3.05, 3.63) is 29.8 Å². The van der Waals surface area contributed by atoms with Gasteiger partial charge >= 0.3 is 5.97 Å². The predicted molar refractivity (Wildman–Crippen MR) is 71.1 cm³/mol. The Bertz CT molecular complexity index is 472. The van der Waals surface area contributed by atoms with Crippen molar-refractivity contribution in [2.24, 2.45) is 0 Å². The molecule has 0 spiro atoms. The minimum absolute atomic E-state index is 0.202. The smallest absolute Gasteiger partial charge is 0.329 e. The first-order chi connectivity index (χ1) is 8.87. The Morgan fingerprint density at radius 3 is 2.63 bits per heavy atom. The van der Waals surface area contributed by atoms with Crippen molar-refractivity contribution in [2.45, 2.75) is 32.7 Å². The van der Waals surface area contributed by atoms with Crippen LogP contribution in [0.5, 0.6) is 5.75 Å². The topological polar surface area (TPSA) is 75.6 Å². The molecule has 1 aromatic rings. The van der Waals surface area contributed by atoms with Gasteiger partial charge in [0.05, 0.1) is 0 Å². The number of carbonyl (C=O) groups excluding carboxylic acids is 1. The highest BCUT2D eigenvalue weighted by atomic mass is 16.5. The SMILES string of the molecule is CCC(C)(NC(=O)COc1cccc(C)c1)C(=O)O. The van der Waals surface area contributed by atoms with Crippen molar-refractivity contribution in [3.63, 3.8) is 0 Å². The van der Waals surface area contributed by atoms with Gasteiger partial charge < -0.3 is 15.2 Å². The number of aliphatic carboxylic acids is 1. The summed E-state index contributed by atoms with van der Waals surface area (Å²) in [5, 5.41) is 11.5. The van der Waals surface area contributed by atoms with Crippen LogP contribution in [0.4, 0.5) is 0 Å². The number of nitrogens with one attached hydrogen (secondary N) is 1. The molecule has 0 aliphatic carbocycles. The predicted octanol–water partition coefficient (Wildman–Crippen LogP) is 1.74. The van der Waals surface area contributed by atoms with Gasteiger partial charge in [0.1, 0.15) is 11.3 Å². The van der Waals surface area contributed by atoms with Gasteiger partial charge in [-0.25, -0.2) is 4.79 Å². The second-order valence-corrected chi connectivity index (χ2v) is 4.64. The third-order valence-corrected chi connectivity index (χ3v) is 2.95. The Hall–Kier alpha value is -2.04. The average molecular weight is 265 g/mol. The number of ether oxygens (including phenoxy) is 1. The van der Waals surface area contributed by atoms with Crippen LogP contribution in [0, 0.1) is 6.92 Å².